The lowest BCUT2D eigenvalue weighted by Gasteiger charge is -2.07. The molecule has 2 heterocycles. The molecule has 2 aromatic rings. The van der Waals surface area contributed by atoms with Crippen LogP contribution in [0.4, 0.5) is 5.69 Å². The van der Waals surface area contributed by atoms with Crippen LogP contribution in [-0.2, 0) is 12.8 Å². The van der Waals surface area contributed by atoms with Gasteiger partial charge in [-0.1, -0.05) is 13.8 Å². The molecule has 1 N–H and O–H groups in total. The smallest absolute Gasteiger partial charge is 0.356 e. The quantitative estimate of drug-likeness (QED) is 0.666. The minimum atomic E-state index is -1.20. The predicted molar refractivity (Wildman–Crippen MR) is 73.7 cm³/mol. The summed E-state index contributed by atoms with van der Waals surface area (Å²) in [4.78, 5) is 25.8. The topological polar surface area (TPSA) is 111 Å². The molecule has 110 valence electrons. The molecule has 21 heavy (non-hydrogen) atoms. The average Bonchev–Trinajstić information content (AvgIpc) is 2.85. The van der Waals surface area contributed by atoms with Crippen molar-refractivity contribution in [3.05, 3.63) is 45.5 Å². The highest BCUT2D eigenvalue weighted by atomic mass is 16.6. The number of hydrogen-bond acceptors (Lipinski definition) is 5. The number of aromatic nitrogens is 3. The minimum absolute atomic E-state index is 0.0554. The second-order valence-corrected chi connectivity index (χ2v) is 4.29. The van der Waals surface area contributed by atoms with Crippen LogP contribution < -0.4 is 0 Å². The molecule has 0 saturated heterocycles. The number of rotatable bonds is 5. The Kier molecular flexibility index (Phi) is 3.97. The van der Waals surface area contributed by atoms with E-state index in [4.69, 9.17) is 0 Å². The SMILES string of the molecule is CCc1nn(-c2cccnc2C(=O)O)c(CC)c1[N+](=O)[O-]. The van der Waals surface area contributed by atoms with E-state index in [0.717, 1.165) is 0 Å². The van der Waals surface area contributed by atoms with Gasteiger partial charge in [-0.3, -0.25) is 10.1 Å². The normalized spacial score (nSPS) is 10.6. The summed E-state index contributed by atoms with van der Waals surface area (Å²) in [7, 11) is 0. The van der Waals surface area contributed by atoms with Crippen LogP contribution in [0.3, 0.4) is 0 Å². The van der Waals surface area contributed by atoms with Crippen molar-refractivity contribution in [3.63, 3.8) is 0 Å². The molecule has 8 heteroatoms. The first-order valence-electron chi connectivity index (χ1n) is 6.45. The first-order valence-corrected chi connectivity index (χ1v) is 6.45. The summed E-state index contributed by atoms with van der Waals surface area (Å²) >= 11 is 0. The first-order chi connectivity index (χ1) is 10.0. The monoisotopic (exact) mass is 290 g/mol. The molecule has 0 saturated carbocycles. The molecular weight excluding hydrogens is 276 g/mol. The summed E-state index contributed by atoms with van der Waals surface area (Å²) in [5.74, 6) is -1.20. The largest absolute Gasteiger partial charge is 0.476 e. The Morgan fingerprint density at radius 3 is 2.67 bits per heavy atom. The van der Waals surface area contributed by atoms with Crippen LogP contribution >= 0.6 is 0 Å². The van der Waals surface area contributed by atoms with E-state index in [2.05, 4.69) is 10.1 Å². The maximum Gasteiger partial charge on any atom is 0.356 e. The second kappa shape index (κ2) is 5.70. The zero-order valence-electron chi connectivity index (χ0n) is 11.6. The molecule has 2 rings (SSSR count). The molecule has 0 aliphatic heterocycles. The Morgan fingerprint density at radius 1 is 1.43 bits per heavy atom. The van der Waals surface area contributed by atoms with Gasteiger partial charge in [0, 0.05) is 6.20 Å². The molecular formula is C13H14N4O4. The number of carboxylic acids is 1. The predicted octanol–water partition coefficient (Wildman–Crippen LogP) is 2.00. The Hall–Kier alpha value is -2.77. The fraction of sp³-hybridized carbons (Fsp3) is 0.308. The zero-order valence-corrected chi connectivity index (χ0v) is 11.6. The standard InChI is InChI=1S/C13H14N4O4/c1-3-8-12(17(20)21)9(4-2)16(15-8)10-6-5-7-14-11(10)13(18)19/h5-7H,3-4H2,1-2H3,(H,18,19). The van der Waals surface area contributed by atoms with Gasteiger partial charge in [0.05, 0.1) is 10.6 Å². The van der Waals surface area contributed by atoms with Crippen molar-refractivity contribution in [2.24, 2.45) is 0 Å². The third kappa shape index (κ3) is 2.47. The van der Waals surface area contributed by atoms with Crippen molar-refractivity contribution in [1.82, 2.24) is 14.8 Å². The maximum atomic E-state index is 11.3. The van der Waals surface area contributed by atoms with Crippen LogP contribution in [0.2, 0.25) is 0 Å². The Labute approximate surface area is 120 Å². The van der Waals surface area contributed by atoms with Crippen LogP contribution in [0.25, 0.3) is 5.69 Å². The molecule has 0 unspecified atom stereocenters. The Balaban J connectivity index is 2.76. The minimum Gasteiger partial charge on any atom is -0.476 e. The molecule has 0 fully saturated rings. The number of hydrogen-bond donors (Lipinski definition) is 1. The number of carboxylic acid groups (broad SMARTS) is 1. The molecule has 8 nitrogen and oxygen atoms in total. The highest BCUT2D eigenvalue weighted by Gasteiger charge is 2.27. The number of nitrogens with zero attached hydrogens (tertiary/aromatic N) is 4. The van der Waals surface area contributed by atoms with Crippen molar-refractivity contribution in [2.45, 2.75) is 26.7 Å². The van der Waals surface area contributed by atoms with Crippen molar-refractivity contribution in [1.29, 1.82) is 0 Å². The zero-order chi connectivity index (χ0) is 15.6. The summed E-state index contributed by atoms with van der Waals surface area (Å²) in [5.41, 5.74) is 0.682. The molecule has 0 atom stereocenters. The van der Waals surface area contributed by atoms with Crippen molar-refractivity contribution in [2.75, 3.05) is 0 Å². The summed E-state index contributed by atoms with van der Waals surface area (Å²) < 4.78 is 1.31. The van der Waals surface area contributed by atoms with E-state index in [1.165, 1.54) is 16.9 Å². The molecule has 0 bridgehead atoms. The lowest BCUT2D eigenvalue weighted by atomic mass is 10.2. The fourth-order valence-corrected chi connectivity index (χ4v) is 2.19. The van der Waals surface area contributed by atoms with E-state index in [9.17, 15) is 20.0 Å². The highest BCUT2D eigenvalue weighted by Crippen LogP contribution is 2.28. The van der Waals surface area contributed by atoms with Crippen LogP contribution in [-0.4, -0.2) is 30.8 Å². The van der Waals surface area contributed by atoms with Gasteiger partial charge in [-0.2, -0.15) is 5.10 Å². The van der Waals surface area contributed by atoms with Gasteiger partial charge in [-0.05, 0) is 25.0 Å². The summed E-state index contributed by atoms with van der Waals surface area (Å²) in [6, 6.07) is 3.10. The maximum absolute atomic E-state index is 11.3. The second-order valence-electron chi connectivity index (χ2n) is 4.29. The number of pyridine rings is 1. The Bertz CT molecular complexity index is 708. The summed E-state index contributed by atoms with van der Waals surface area (Å²) in [6.45, 7) is 3.53. The molecule has 2 aromatic heterocycles. The summed E-state index contributed by atoms with van der Waals surface area (Å²) in [5, 5.41) is 24.6. The molecule has 0 amide bonds. The van der Waals surface area contributed by atoms with Gasteiger partial charge in [0.1, 0.15) is 11.4 Å². The van der Waals surface area contributed by atoms with Crippen LogP contribution in [0.15, 0.2) is 18.3 Å². The van der Waals surface area contributed by atoms with Gasteiger partial charge >= 0.3 is 11.7 Å². The summed E-state index contributed by atoms with van der Waals surface area (Å²) in [6.07, 6.45) is 2.10. The lowest BCUT2D eigenvalue weighted by molar-refractivity contribution is -0.386. The van der Waals surface area contributed by atoms with Crippen LogP contribution in [0, 0.1) is 10.1 Å². The third-order valence-corrected chi connectivity index (χ3v) is 3.09. The van der Waals surface area contributed by atoms with Crippen molar-refractivity contribution in [3.8, 4) is 5.69 Å². The van der Waals surface area contributed by atoms with Gasteiger partial charge in [0.2, 0.25) is 0 Å². The number of carbonyl (C=O) groups is 1. The van der Waals surface area contributed by atoms with E-state index in [1.54, 1.807) is 19.9 Å². The van der Waals surface area contributed by atoms with E-state index in [-0.39, 0.29) is 17.1 Å². The molecule has 0 spiro atoms. The highest BCUT2D eigenvalue weighted by molar-refractivity contribution is 5.89. The molecule has 0 radical (unpaired) electrons. The molecule has 0 aliphatic rings. The number of nitro groups is 1. The fourth-order valence-electron chi connectivity index (χ4n) is 2.19. The van der Waals surface area contributed by atoms with Gasteiger partial charge in [0.15, 0.2) is 5.69 Å². The van der Waals surface area contributed by atoms with E-state index in [1.807, 2.05) is 0 Å². The molecule has 0 aromatic carbocycles. The molecule has 0 aliphatic carbocycles. The number of aryl methyl sites for hydroxylation is 1. The van der Waals surface area contributed by atoms with Crippen molar-refractivity contribution < 1.29 is 14.8 Å². The van der Waals surface area contributed by atoms with E-state index in [0.29, 0.717) is 24.2 Å². The van der Waals surface area contributed by atoms with Crippen LogP contribution in [0.5, 0.6) is 0 Å². The van der Waals surface area contributed by atoms with Gasteiger partial charge in [0.25, 0.3) is 0 Å². The first kappa shape index (κ1) is 14.6. The van der Waals surface area contributed by atoms with E-state index < -0.39 is 10.9 Å². The van der Waals surface area contributed by atoms with Gasteiger partial charge in [-0.15, -0.1) is 0 Å². The average molecular weight is 290 g/mol. The van der Waals surface area contributed by atoms with E-state index >= 15 is 0 Å². The lowest BCUT2D eigenvalue weighted by Crippen LogP contribution is -2.11. The number of aromatic carboxylic acids is 1. The van der Waals surface area contributed by atoms with Crippen LogP contribution in [0.1, 0.15) is 35.7 Å². The van der Waals surface area contributed by atoms with Crippen molar-refractivity contribution >= 4 is 11.7 Å². The Morgan fingerprint density at radius 2 is 2.14 bits per heavy atom. The van der Waals surface area contributed by atoms with Gasteiger partial charge in [-0.25, -0.2) is 14.5 Å². The van der Waals surface area contributed by atoms with Gasteiger partial charge < -0.3 is 5.11 Å². The third-order valence-electron chi connectivity index (χ3n) is 3.09.